The first-order valence-electron chi connectivity index (χ1n) is 5.16. The Balaban J connectivity index is 2.52. The van der Waals surface area contributed by atoms with Gasteiger partial charge >= 0.3 is 0 Å². The summed E-state index contributed by atoms with van der Waals surface area (Å²) in [7, 11) is 0. The number of rotatable bonds is 5. The van der Waals surface area contributed by atoms with Gasteiger partial charge in [-0.3, -0.25) is 14.5 Å². The van der Waals surface area contributed by atoms with E-state index in [9.17, 15) is 9.59 Å². The minimum Gasteiger partial charge on any atom is -0.362 e. The van der Waals surface area contributed by atoms with Crippen LogP contribution in [0.25, 0.3) is 0 Å². The molecule has 0 aliphatic carbocycles. The number of hydrogen-bond acceptors (Lipinski definition) is 3. The van der Waals surface area contributed by atoms with Crippen LogP contribution in [-0.2, 0) is 14.3 Å². The van der Waals surface area contributed by atoms with Gasteiger partial charge in [0.05, 0.1) is 0 Å². The molecule has 1 aliphatic heterocycles. The van der Waals surface area contributed by atoms with Gasteiger partial charge in [-0.2, -0.15) is 0 Å². The molecule has 1 heterocycles. The lowest BCUT2D eigenvalue weighted by atomic mass is 10.1. The number of halogens is 1. The predicted octanol–water partition coefficient (Wildman–Crippen LogP) is 1.18. The molecule has 1 saturated heterocycles. The fraction of sp³-hybridized carbons (Fsp3) is 0.800. The molecule has 0 aromatic rings. The van der Waals surface area contributed by atoms with Gasteiger partial charge in [0.15, 0.2) is 0 Å². The van der Waals surface area contributed by atoms with E-state index >= 15 is 0 Å². The van der Waals surface area contributed by atoms with E-state index in [4.69, 9.17) is 4.74 Å². The molecule has 0 radical (unpaired) electrons. The zero-order valence-corrected chi connectivity index (χ0v) is 10.5. The largest absolute Gasteiger partial charge is 0.362 e. The van der Waals surface area contributed by atoms with E-state index in [0.717, 1.165) is 18.2 Å². The standard InChI is InChI=1S/C10H16BrNO3/c1-2-3-8(4-11)5-12-9(13)6-15-7-10(12)14/h8H,2-7H2,1H3. The molecule has 0 saturated carbocycles. The first kappa shape index (κ1) is 12.6. The van der Waals surface area contributed by atoms with Gasteiger partial charge in [0.1, 0.15) is 13.2 Å². The average Bonchev–Trinajstić information content (AvgIpc) is 2.22. The Labute approximate surface area is 98.1 Å². The highest BCUT2D eigenvalue weighted by Gasteiger charge is 2.28. The monoisotopic (exact) mass is 277 g/mol. The van der Waals surface area contributed by atoms with Crippen molar-refractivity contribution in [2.45, 2.75) is 19.8 Å². The van der Waals surface area contributed by atoms with Crippen molar-refractivity contribution in [2.24, 2.45) is 5.92 Å². The molecule has 15 heavy (non-hydrogen) atoms. The molecular weight excluding hydrogens is 262 g/mol. The number of carbonyl (C=O) groups is 2. The molecule has 0 spiro atoms. The molecule has 5 heteroatoms. The average molecular weight is 278 g/mol. The number of morpholine rings is 1. The van der Waals surface area contributed by atoms with E-state index in [1.807, 2.05) is 0 Å². The third-order valence-electron chi connectivity index (χ3n) is 2.41. The molecule has 1 atom stereocenters. The van der Waals surface area contributed by atoms with Crippen LogP contribution in [0.2, 0.25) is 0 Å². The topological polar surface area (TPSA) is 46.6 Å². The molecule has 2 amide bonds. The lowest BCUT2D eigenvalue weighted by Gasteiger charge is -2.28. The molecule has 0 aromatic carbocycles. The van der Waals surface area contributed by atoms with E-state index in [1.54, 1.807) is 0 Å². The molecular formula is C10H16BrNO3. The van der Waals surface area contributed by atoms with Gasteiger partial charge in [0.25, 0.3) is 11.8 Å². The number of alkyl halides is 1. The highest BCUT2D eigenvalue weighted by Crippen LogP contribution is 2.13. The van der Waals surface area contributed by atoms with Crippen molar-refractivity contribution in [1.82, 2.24) is 4.90 Å². The Morgan fingerprint density at radius 2 is 2.00 bits per heavy atom. The number of amides is 2. The summed E-state index contributed by atoms with van der Waals surface area (Å²) in [5.41, 5.74) is 0. The third-order valence-corrected chi connectivity index (χ3v) is 3.32. The smallest absolute Gasteiger partial charge is 0.255 e. The van der Waals surface area contributed by atoms with Crippen molar-refractivity contribution in [3.8, 4) is 0 Å². The van der Waals surface area contributed by atoms with Crippen molar-refractivity contribution in [2.75, 3.05) is 25.1 Å². The van der Waals surface area contributed by atoms with Crippen LogP contribution in [0, 0.1) is 5.92 Å². The van der Waals surface area contributed by atoms with Crippen LogP contribution in [0.15, 0.2) is 0 Å². The highest BCUT2D eigenvalue weighted by molar-refractivity contribution is 9.09. The summed E-state index contributed by atoms with van der Waals surface area (Å²) in [4.78, 5) is 24.2. The van der Waals surface area contributed by atoms with Crippen LogP contribution < -0.4 is 0 Å². The lowest BCUT2D eigenvalue weighted by molar-refractivity contribution is -0.159. The molecule has 4 nitrogen and oxygen atoms in total. The van der Waals surface area contributed by atoms with Crippen molar-refractivity contribution < 1.29 is 14.3 Å². The summed E-state index contributed by atoms with van der Waals surface area (Å²) in [6, 6.07) is 0. The summed E-state index contributed by atoms with van der Waals surface area (Å²) in [5, 5.41) is 0.818. The normalized spacial score (nSPS) is 19.5. The molecule has 1 aliphatic rings. The summed E-state index contributed by atoms with van der Waals surface area (Å²) >= 11 is 3.40. The van der Waals surface area contributed by atoms with E-state index < -0.39 is 0 Å². The Morgan fingerprint density at radius 1 is 1.40 bits per heavy atom. The van der Waals surface area contributed by atoms with Gasteiger partial charge in [-0.15, -0.1) is 0 Å². The molecule has 0 aromatic heterocycles. The fourth-order valence-corrected chi connectivity index (χ4v) is 2.14. The Kier molecular flexibility index (Phi) is 5.25. The van der Waals surface area contributed by atoms with E-state index in [1.165, 1.54) is 4.90 Å². The minimum atomic E-state index is -0.215. The Hall–Kier alpha value is -0.420. The number of imide groups is 1. The van der Waals surface area contributed by atoms with Crippen molar-refractivity contribution in [3.63, 3.8) is 0 Å². The maximum Gasteiger partial charge on any atom is 0.255 e. The molecule has 0 bridgehead atoms. The number of carbonyl (C=O) groups excluding carboxylic acids is 2. The minimum absolute atomic E-state index is 0.0346. The second-order valence-corrected chi connectivity index (χ2v) is 4.35. The van der Waals surface area contributed by atoms with E-state index in [-0.39, 0.29) is 25.0 Å². The zero-order valence-electron chi connectivity index (χ0n) is 8.87. The van der Waals surface area contributed by atoms with Crippen LogP contribution >= 0.6 is 15.9 Å². The molecule has 1 unspecified atom stereocenters. The second kappa shape index (κ2) is 6.23. The van der Waals surface area contributed by atoms with Crippen LogP contribution in [0.4, 0.5) is 0 Å². The fourth-order valence-electron chi connectivity index (χ4n) is 1.61. The van der Waals surface area contributed by atoms with Crippen LogP contribution in [0.3, 0.4) is 0 Å². The van der Waals surface area contributed by atoms with Crippen LogP contribution in [0.1, 0.15) is 19.8 Å². The van der Waals surface area contributed by atoms with Crippen molar-refractivity contribution >= 4 is 27.7 Å². The number of ether oxygens (including phenoxy) is 1. The van der Waals surface area contributed by atoms with Crippen molar-refractivity contribution in [3.05, 3.63) is 0 Å². The second-order valence-electron chi connectivity index (χ2n) is 3.70. The number of nitrogens with zero attached hydrogens (tertiary/aromatic N) is 1. The summed E-state index contributed by atoms with van der Waals surface area (Å²) in [5.74, 6) is -0.0809. The van der Waals surface area contributed by atoms with Crippen LogP contribution in [-0.4, -0.2) is 41.8 Å². The Bertz CT molecular complexity index is 229. The zero-order chi connectivity index (χ0) is 11.3. The summed E-state index contributed by atoms with van der Waals surface area (Å²) < 4.78 is 4.85. The van der Waals surface area contributed by atoms with E-state index in [0.29, 0.717) is 12.5 Å². The van der Waals surface area contributed by atoms with Crippen molar-refractivity contribution in [1.29, 1.82) is 0 Å². The predicted molar refractivity (Wildman–Crippen MR) is 59.7 cm³/mol. The van der Waals surface area contributed by atoms with Gasteiger partial charge in [0, 0.05) is 11.9 Å². The van der Waals surface area contributed by atoms with Gasteiger partial charge in [-0.25, -0.2) is 0 Å². The molecule has 1 fully saturated rings. The summed E-state index contributed by atoms with van der Waals surface area (Å²) in [6.45, 7) is 2.68. The lowest BCUT2D eigenvalue weighted by Crippen LogP contribution is -2.48. The third kappa shape index (κ3) is 3.57. The first-order valence-corrected chi connectivity index (χ1v) is 6.28. The maximum absolute atomic E-state index is 11.4. The number of hydrogen-bond donors (Lipinski definition) is 0. The quantitative estimate of drug-likeness (QED) is 0.560. The van der Waals surface area contributed by atoms with Gasteiger partial charge in [-0.05, 0) is 12.3 Å². The van der Waals surface area contributed by atoms with Gasteiger partial charge in [-0.1, -0.05) is 29.3 Å². The molecule has 1 rings (SSSR count). The van der Waals surface area contributed by atoms with E-state index in [2.05, 4.69) is 22.9 Å². The van der Waals surface area contributed by atoms with Crippen LogP contribution in [0.5, 0.6) is 0 Å². The maximum atomic E-state index is 11.4. The first-order chi connectivity index (χ1) is 7.19. The SMILES string of the molecule is CCCC(CBr)CN1C(=O)COCC1=O. The molecule has 86 valence electrons. The van der Waals surface area contributed by atoms with Gasteiger partial charge < -0.3 is 4.74 Å². The highest BCUT2D eigenvalue weighted by atomic mass is 79.9. The molecule has 0 N–H and O–H groups in total. The summed E-state index contributed by atoms with van der Waals surface area (Å²) in [6.07, 6.45) is 2.08. The van der Waals surface area contributed by atoms with Gasteiger partial charge in [0.2, 0.25) is 0 Å². The Morgan fingerprint density at radius 3 is 2.47 bits per heavy atom.